The van der Waals surface area contributed by atoms with Crippen molar-refractivity contribution in [1.29, 1.82) is 0 Å². The molecule has 1 aromatic carbocycles. The molecule has 0 bridgehead atoms. The zero-order chi connectivity index (χ0) is 13.2. The minimum atomic E-state index is -0.430. The Balaban J connectivity index is 1.97. The van der Waals surface area contributed by atoms with Gasteiger partial charge in [-0.05, 0) is 42.2 Å². The monoisotopic (exact) mass is 260 g/mol. The second-order valence-corrected chi connectivity index (χ2v) is 4.81. The van der Waals surface area contributed by atoms with Crippen LogP contribution in [0.25, 0.3) is 11.1 Å². The summed E-state index contributed by atoms with van der Waals surface area (Å²) in [6.07, 6.45) is 5.03. The van der Waals surface area contributed by atoms with Crippen molar-refractivity contribution in [1.82, 2.24) is 10.3 Å². The highest BCUT2D eigenvalue weighted by molar-refractivity contribution is 5.67. The molecular formula is C15H14F2N2. The number of pyridine rings is 1. The van der Waals surface area contributed by atoms with Crippen molar-refractivity contribution < 1.29 is 8.78 Å². The number of benzene rings is 1. The lowest BCUT2D eigenvalue weighted by molar-refractivity contribution is 0.618. The van der Waals surface area contributed by atoms with Crippen molar-refractivity contribution in [3.63, 3.8) is 0 Å². The molecule has 2 nitrogen and oxygen atoms in total. The lowest BCUT2D eigenvalue weighted by Gasteiger charge is -2.11. The van der Waals surface area contributed by atoms with Crippen LogP contribution in [0.3, 0.4) is 0 Å². The summed E-state index contributed by atoms with van der Waals surface area (Å²) in [4.78, 5) is 3.72. The van der Waals surface area contributed by atoms with Crippen LogP contribution < -0.4 is 5.32 Å². The number of rotatable bonds is 4. The number of hydrogen-bond acceptors (Lipinski definition) is 2. The van der Waals surface area contributed by atoms with E-state index in [1.807, 2.05) is 0 Å². The maximum atomic E-state index is 13.8. The average Bonchev–Trinajstić information content (AvgIpc) is 3.22. The second-order valence-electron chi connectivity index (χ2n) is 4.81. The van der Waals surface area contributed by atoms with E-state index in [1.165, 1.54) is 31.2 Å². The summed E-state index contributed by atoms with van der Waals surface area (Å²) >= 11 is 0. The van der Waals surface area contributed by atoms with Gasteiger partial charge in [-0.25, -0.2) is 8.78 Å². The van der Waals surface area contributed by atoms with Gasteiger partial charge in [-0.2, -0.15) is 0 Å². The molecule has 98 valence electrons. The third-order valence-corrected chi connectivity index (χ3v) is 3.29. The fourth-order valence-corrected chi connectivity index (χ4v) is 2.09. The highest BCUT2D eigenvalue weighted by Crippen LogP contribution is 2.28. The summed E-state index contributed by atoms with van der Waals surface area (Å²) in [5.41, 5.74) is 1.88. The molecular weight excluding hydrogens is 246 g/mol. The molecule has 1 aromatic heterocycles. The Morgan fingerprint density at radius 1 is 1.16 bits per heavy atom. The number of aromatic nitrogens is 1. The molecule has 1 aliphatic carbocycles. The van der Waals surface area contributed by atoms with Crippen molar-refractivity contribution in [2.24, 2.45) is 0 Å². The van der Waals surface area contributed by atoms with Crippen LogP contribution in [0.4, 0.5) is 8.78 Å². The molecule has 1 aliphatic rings. The van der Waals surface area contributed by atoms with E-state index in [4.69, 9.17) is 0 Å². The van der Waals surface area contributed by atoms with Crippen LogP contribution in [0, 0.1) is 11.6 Å². The normalized spacial score (nSPS) is 14.6. The number of nitrogens with one attached hydrogen (secondary N) is 1. The van der Waals surface area contributed by atoms with Crippen LogP contribution in [0.1, 0.15) is 18.4 Å². The fraction of sp³-hybridized carbons (Fsp3) is 0.267. The van der Waals surface area contributed by atoms with Crippen molar-refractivity contribution in [3.8, 4) is 11.1 Å². The Morgan fingerprint density at radius 3 is 2.74 bits per heavy atom. The van der Waals surface area contributed by atoms with E-state index in [2.05, 4.69) is 10.3 Å². The third kappa shape index (κ3) is 2.79. The molecule has 0 spiro atoms. The predicted molar refractivity (Wildman–Crippen MR) is 69.5 cm³/mol. The van der Waals surface area contributed by atoms with Gasteiger partial charge >= 0.3 is 0 Å². The Hall–Kier alpha value is -1.81. The summed E-state index contributed by atoms with van der Waals surface area (Å²) in [6, 6.07) is 6.62. The van der Waals surface area contributed by atoms with Gasteiger partial charge in [-0.1, -0.05) is 6.07 Å². The molecule has 4 heteroatoms. The lowest BCUT2D eigenvalue weighted by atomic mass is 10.00. The van der Waals surface area contributed by atoms with Crippen LogP contribution in [0.5, 0.6) is 0 Å². The molecule has 0 atom stereocenters. The quantitative estimate of drug-likeness (QED) is 0.912. The van der Waals surface area contributed by atoms with E-state index in [0.717, 1.165) is 11.8 Å². The first kappa shape index (κ1) is 12.2. The molecule has 1 saturated carbocycles. The standard InChI is InChI=1S/C15H14F2N2/c16-11-2-1-10(8-19-12-3-4-12)14(7-11)13-5-6-18-9-15(13)17/h1-2,5-7,9,12,19H,3-4,8H2. The summed E-state index contributed by atoms with van der Waals surface area (Å²) in [7, 11) is 0. The number of nitrogens with zero attached hydrogens (tertiary/aromatic N) is 1. The van der Waals surface area contributed by atoms with Gasteiger partial charge in [-0.15, -0.1) is 0 Å². The SMILES string of the molecule is Fc1ccc(CNC2CC2)c(-c2ccncc2F)c1. The van der Waals surface area contributed by atoms with Gasteiger partial charge in [0.15, 0.2) is 0 Å². The van der Waals surface area contributed by atoms with Gasteiger partial charge in [0.05, 0.1) is 6.20 Å². The Morgan fingerprint density at radius 2 is 2.00 bits per heavy atom. The molecule has 0 aliphatic heterocycles. The van der Waals surface area contributed by atoms with E-state index >= 15 is 0 Å². The summed E-state index contributed by atoms with van der Waals surface area (Å²) in [5, 5.41) is 3.36. The van der Waals surface area contributed by atoms with Crippen molar-refractivity contribution in [3.05, 3.63) is 53.9 Å². The Labute approximate surface area is 110 Å². The highest BCUT2D eigenvalue weighted by atomic mass is 19.1. The van der Waals surface area contributed by atoms with Gasteiger partial charge in [-0.3, -0.25) is 4.98 Å². The first-order chi connectivity index (χ1) is 9.24. The van der Waals surface area contributed by atoms with Gasteiger partial charge in [0.2, 0.25) is 0 Å². The lowest BCUT2D eigenvalue weighted by Crippen LogP contribution is -2.16. The molecule has 0 saturated heterocycles. The van der Waals surface area contributed by atoms with Crippen molar-refractivity contribution in [2.45, 2.75) is 25.4 Å². The average molecular weight is 260 g/mol. The molecule has 0 amide bonds. The number of halogens is 2. The van der Waals surface area contributed by atoms with Gasteiger partial charge < -0.3 is 5.32 Å². The topological polar surface area (TPSA) is 24.9 Å². The van der Waals surface area contributed by atoms with E-state index in [-0.39, 0.29) is 5.82 Å². The summed E-state index contributed by atoms with van der Waals surface area (Å²) < 4.78 is 27.2. The Bertz CT molecular complexity index is 594. The van der Waals surface area contributed by atoms with Crippen LogP contribution in [-0.2, 0) is 6.54 Å². The van der Waals surface area contributed by atoms with Crippen LogP contribution in [-0.4, -0.2) is 11.0 Å². The fourth-order valence-electron chi connectivity index (χ4n) is 2.09. The van der Waals surface area contributed by atoms with Crippen LogP contribution in [0.2, 0.25) is 0 Å². The van der Waals surface area contributed by atoms with Crippen LogP contribution in [0.15, 0.2) is 36.7 Å². The van der Waals surface area contributed by atoms with Gasteiger partial charge in [0, 0.05) is 24.3 Å². The minimum Gasteiger partial charge on any atom is -0.310 e. The van der Waals surface area contributed by atoms with E-state index in [0.29, 0.717) is 23.7 Å². The molecule has 19 heavy (non-hydrogen) atoms. The third-order valence-electron chi connectivity index (χ3n) is 3.29. The van der Waals surface area contributed by atoms with E-state index < -0.39 is 5.82 Å². The molecule has 1 N–H and O–H groups in total. The first-order valence-corrected chi connectivity index (χ1v) is 6.36. The second kappa shape index (κ2) is 5.05. The summed E-state index contributed by atoms with van der Waals surface area (Å²) in [6.45, 7) is 0.627. The zero-order valence-electron chi connectivity index (χ0n) is 10.4. The maximum Gasteiger partial charge on any atom is 0.149 e. The predicted octanol–water partition coefficient (Wildman–Crippen LogP) is 3.28. The van der Waals surface area contributed by atoms with Gasteiger partial charge in [0.1, 0.15) is 11.6 Å². The van der Waals surface area contributed by atoms with E-state index in [1.54, 1.807) is 12.1 Å². The molecule has 0 radical (unpaired) electrons. The molecule has 2 aromatic rings. The van der Waals surface area contributed by atoms with Crippen molar-refractivity contribution >= 4 is 0 Å². The Kier molecular flexibility index (Phi) is 3.25. The number of hydrogen-bond donors (Lipinski definition) is 1. The highest BCUT2D eigenvalue weighted by Gasteiger charge is 2.21. The molecule has 1 fully saturated rings. The summed E-state index contributed by atoms with van der Waals surface area (Å²) in [5.74, 6) is -0.790. The van der Waals surface area contributed by atoms with Crippen molar-refractivity contribution in [2.75, 3.05) is 0 Å². The molecule has 0 unspecified atom stereocenters. The molecule has 1 heterocycles. The minimum absolute atomic E-state index is 0.360. The maximum absolute atomic E-state index is 13.8. The molecule has 3 rings (SSSR count). The van der Waals surface area contributed by atoms with E-state index in [9.17, 15) is 8.78 Å². The largest absolute Gasteiger partial charge is 0.310 e. The zero-order valence-corrected chi connectivity index (χ0v) is 10.4. The van der Waals surface area contributed by atoms with Crippen LogP contribution >= 0.6 is 0 Å². The first-order valence-electron chi connectivity index (χ1n) is 6.36. The van der Waals surface area contributed by atoms with Gasteiger partial charge in [0.25, 0.3) is 0 Å². The smallest absolute Gasteiger partial charge is 0.149 e.